The molecule has 82 valence electrons. The molecule has 3 nitrogen and oxygen atoms in total. The third kappa shape index (κ3) is 2.36. The number of methoxy groups -OCH3 is 1. The first-order valence-corrected chi connectivity index (χ1v) is 4.89. The minimum atomic E-state index is -0.575. The maximum atomic E-state index is 12.1. The van der Waals surface area contributed by atoms with E-state index in [-0.39, 0.29) is 5.78 Å². The largest absolute Gasteiger partial charge is 0.496 e. The van der Waals surface area contributed by atoms with Gasteiger partial charge in [0.2, 0.25) is 0 Å². The summed E-state index contributed by atoms with van der Waals surface area (Å²) in [7, 11) is 3.34. The van der Waals surface area contributed by atoms with Crippen molar-refractivity contribution in [2.45, 2.75) is 19.4 Å². The van der Waals surface area contributed by atoms with Gasteiger partial charge < -0.3 is 10.1 Å². The van der Waals surface area contributed by atoms with E-state index in [4.69, 9.17) is 4.74 Å². The predicted molar refractivity (Wildman–Crippen MR) is 60.5 cm³/mol. The second-order valence-electron chi connectivity index (χ2n) is 3.90. The average molecular weight is 207 g/mol. The van der Waals surface area contributed by atoms with E-state index >= 15 is 0 Å². The number of ether oxygens (including phenoxy) is 1. The van der Waals surface area contributed by atoms with Crippen LogP contribution in [0, 0.1) is 0 Å². The summed E-state index contributed by atoms with van der Waals surface area (Å²) < 4.78 is 5.16. The number of ketones is 1. The fourth-order valence-corrected chi connectivity index (χ4v) is 1.28. The number of likely N-dealkylation sites (N-methyl/N-ethyl adjacent to an activating group) is 1. The van der Waals surface area contributed by atoms with Gasteiger partial charge in [0.1, 0.15) is 5.75 Å². The zero-order valence-electron chi connectivity index (χ0n) is 9.63. The molecule has 0 unspecified atom stereocenters. The third-order valence-electron chi connectivity index (χ3n) is 2.54. The standard InChI is InChI=1S/C12H17NO2/c1-12(2,13-3)11(14)9-7-5-6-8-10(9)15-4/h5-8,13H,1-4H3. The van der Waals surface area contributed by atoms with Crippen LogP contribution in [0.1, 0.15) is 24.2 Å². The van der Waals surface area contributed by atoms with E-state index in [2.05, 4.69) is 5.32 Å². The van der Waals surface area contributed by atoms with Crippen molar-refractivity contribution < 1.29 is 9.53 Å². The van der Waals surface area contributed by atoms with Crippen LogP contribution >= 0.6 is 0 Å². The first-order valence-electron chi connectivity index (χ1n) is 4.89. The van der Waals surface area contributed by atoms with E-state index in [1.54, 1.807) is 26.3 Å². The molecule has 1 aromatic rings. The van der Waals surface area contributed by atoms with Crippen molar-refractivity contribution in [1.29, 1.82) is 0 Å². The molecule has 1 rings (SSSR count). The average Bonchev–Trinajstić information content (AvgIpc) is 2.28. The summed E-state index contributed by atoms with van der Waals surface area (Å²) in [5, 5.41) is 2.99. The van der Waals surface area contributed by atoms with Crippen molar-refractivity contribution in [2.24, 2.45) is 0 Å². The summed E-state index contributed by atoms with van der Waals surface area (Å²) in [4.78, 5) is 12.1. The maximum absolute atomic E-state index is 12.1. The highest BCUT2D eigenvalue weighted by Crippen LogP contribution is 2.22. The number of carbonyl (C=O) groups excluding carboxylic acids is 1. The van der Waals surface area contributed by atoms with Gasteiger partial charge in [-0.15, -0.1) is 0 Å². The first-order chi connectivity index (χ1) is 7.03. The van der Waals surface area contributed by atoms with Gasteiger partial charge in [0, 0.05) is 0 Å². The molecule has 0 aliphatic carbocycles. The van der Waals surface area contributed by atoms with Gasteiger partial charge in [-0.05, 0) is 33.0 Å². The monoisotopic (exact) mass is 207 g/mol. The predicted octanol–water partition coefficient (Wildman–Crippen LogP) is 1.88. The lowest BCUT2D eigenvalue weighted by atomic mass is 9.93. The molecule has 0 aliphatic heterocycles. The van der Waals surface area contributed by atoms with Crippen molar-refractivity contribution in [3.8, 4) is 5.75 Å². The molecular weight excluding hydrogens is 190 g/mol. The lowest BCUT2D eigenvalue weighted by molar-refractivity contribution is 0.0886. The van der Waals surface area contributed by atoms with Crippen molar-refractivity contribution in [3.05, 3.63) is 29.8 Å². The Morgan fingerprint density at radius 1 is 1.33 bits per heavy atom. The molecule has 0 saturated heterocycles. The van der Waals surface area contributed by atoms with Gasteiger partial charge in [0.25, 0.3) is 0 Å². The Balaban J connectivity index is 3.11. The molecule has 0 aliphatic rings. The van der Waals surface area contributed by atoms with Crippen LogP contribution in [-0.2, 0) is 0 Å². The number of hydrogen-bond donors (Lipinski definition) is 1. The minimum absolute atomic E-state index is 0.0300. The highest BCUT2D eigenvalue weighted by atomic mass is 16.5. The summed E-state index contributed by atoms with van der Waals surface area (Å²) in [6.45, 7) is 3.70. The van der Waals surface area contributed by atoms with E-state index in [1.807, 2.05) is 26.0 Å². The van der Waals surface area contributed by atoms with Crippen LogP contribution in [0.15, 0.2) is 24.3 Å². The van der Waals surface area contributed by atoms with E-state index in [0.717, 1.165) is 0 Å². The van der Waals surface area contributed by atoms with Gasteiger partial charge in [-0.25, -0.2) is 0 Å². The SMILES string of the molecule is CNC(C)(C)C(=O)c1ccccc1OC. The second kappa shape index (κ2) is 4.45. The van der Waals surface area contributed by atoms with Crippen LogP contribution in [-0.4, -0.2) is 25.5 Å². The molecule has 0 heterocycles. The molecule has 0 aromatic heterocycles. The Bertz CT molecular complexity index is 358. The normalized spacial score (nSPS) is 11.2. The molecule has 0 fully saturated rings. The number of hydrogen-bond acceptors (Lipinski definition) is 3. The van der Waals surface area contributed by atoms with Crippen molar-refractivity contribution in [1.82, 2.24) is 5.32 Å². The summed E-state index contributed by atoms with van der Waals surface area (Å²) in [5.41, 5.74) is 0.0357. The van der Waals surface area contributed by atoms with Gasteiger partial charge in [0.15, 0.2) is 5.78 Å². The van der Waals surface area contributed by atoms with Crippen LogP contribution < -0.4 is 10.1 Å². The molecule has 0 spiro atoms. The molecule has 0 saturated carbocycles. The Kier molecular flexibility index (Phi) is 3.48. The van der Waals surface area contributed by atoms with Crippen LogP contribution in [0.5, 0.6) is 5.75 Å². The Labute approximate surface area is 90.4 Å². The summed E-state index contributed by atoms with van der Waals surface area (Å²) in [5.74, 6) is 0.647. The van der Waals surface area contributed by atoms with Gasteiger partial charge in [-0.1, -0.05) is 12.1 Å². The smallest absolute Gasteiger partial charge is 0.185 e. The fourth-order valence-electron chi connectivity index (χ4n) is 1.28. The van der Waals surface area contributed by atoms with E-state index in [1.165, 1.54) is 0 Å². The number of nitrogens with one attached hydrogen (secondary N) is 1. The van der Waals surface area contributed by atoms with Gasteiger partial charge >= 0.3 is 0 Å². The van der Waals surface area contributed by atoms with E-state index in [0.29, 0.717) is 11.3 Å². The van der Waals surface area contributed by atoms with Crippen molar-refractivity contribution in [2.75, 3.05) is 14.2 Å². The Hall–Kier alpha value is -1.35. The van der Waals surface area contributed by atoms with Gasteiger partial charge in [-0.3, -0.25) is 4.79 Å². The molecule has 1 N–H and O–H groups in total. The zero-order valence-corrected chi connectivity index (χ0v) is 9.63. The topological polar surface area (TPSA) is 38.3 Å². The lowest BCUT2D eigenvalue weighted by Gasteiger charge is -2.23. The third-order valence-corrected chi connectivity index (χ3v) is 2.54. The highest BCUT2D eigenvalue weighted by Gasteiger charge is 2.28. The van der Waals surface area contributed by atoms with Crippen LogP contribution in [0.2, 0.25) is 0 Å². The summed E-state index contributed by atoms with van der Waals surface area (Å²) in [6.07, 6.45) is 0. The molecule has 0 radical (unpaired) electrons. The van der Waals surface area contributed by atoms with E-state index in [9.17, 15) is 4.79 Å². The molecule has 3 heteroatoms. The van der Waals surface area contributed by atoms with Gasteiger partial charge in [-0.2, -0.15) is 0 Å². The number of para-hydroxylation sites is 1. The van der Waals surface area contributed by atoms with Crippen LogP contribution in [0.4, 0.5) is 0 Å². The molecule has 1 aromatic carbocycles. The quantitative estimate of drug-likeness (QED) is 0.766. The molecule has 0 amide bonds. The first kappa shape index (κ1) is 11.7. The number of benzene rings is 1. The zero-order chi connectivity index (χ0) is 11.5. The van der Waals surface area contributed by atoms with Crippen molar-refractivity contribution >= 4 is 5.78 Å². The molecular formula is C12H17NO2. The Morgan fingerprint density at radius 3 is 2.47 bits per heavy atom. The number of Topliss-reactive ketones (excluding diaryl/α,β-unsaturated/α-hetero) is 1. The fraction of sp³-hybridized carbons (Fsp3) is 0.417. The molecule has 15 heavy (non-hydrogen) atoms. The van der Waals surface area contributed by atoms with Crippen LogP contribution in [0.3, 0.4) is 0 Å². The van der Waals surface area contributed by atoms with Crippen molar-refractivity contribution in [3.63, 3.8) is 0 Å². The lowest BCUT2D eigenvalue weighted by Crippen LogP contribution is -2.44. The second-order valence-corrected chi connectivity index (χ2v) is 3.90. The van der Waals surface area contributed by atoms with Crippen LogP contribution in [0.25, 0.3) is 0 Å². The Morgan fingerprint density at radius 2 is 1.93 bits per heavy atom. The highest BCUT2D eigenvalue weighted by molar-refractivity contribution is 6.04. The maximum Gasteiger partial charge on any atom is 0.185 e. The number of rotatable bonds is 4. The molecule has 0 bridgehead atoms. The number of carbonyl (C=O) groups is 1. The summed E-state index contributed by atoms with van der Waals surface area (Å²) in [6, 6.07) is 7.25. The van der Waals surface area contributed by atoms with E-state index < -0.39 is 5.54 Å². The molecule has 0 atom stereocenters. The minimum Gasteiger partial charge on any atom is -0.496 e. The summed E-state index contributed by atoms with van der Waals surface area (Å²) >= 11 is 0. The van der Waals surface area contributed by atoms with Gasteiger partial charge in [0.05, 0.1) is 18.2 Å².